The highest BCUT2D eigenvalue weighted by atomic mass is 35.5. The Hall–Kier alpha value is -2.24. The van der Waals surface area contributed by atoms with E-state index in [0.717, 1.165) is 51.5 Å². The number of rotatable bonds is 5. The third-order valence-corrected chi connectivity index (χ3v) is 5.53. The number of carbonyl (C=O) groups excluding carboxylic acids is 1. The maximum Gasteiger partial charge on any atom is 0.260 e. The second-order valence-electron chi connectivity index (χ2n) is 7.07. The zero-order valence-corrected chi connectivity index (χ0v) is 16.0. The summed E-state index contributed by atoms with van der Waals surface area (Å²) in [6, 6.07) is 13.7. The molecule has 0 aromatic heterocycles. The Balaban J connectivity index is 1.25. The molecule has 5 nitrogen and oxygen atoms in total. The van der Waals surface area contributed by atoms with E-state index in [9.17, 15) is 4.79 Å². The predicted molar refractivity (Wildman–Crippen MR) is 104 cm³/mol. The number of carbonyl (C=O) groups is 1. The number of piperazine rings is 1. The first kappa shape index (κ1) is 18.1. The summed E-state index contributed by atoms with van der Waals surface area (Å²) in [5.74, 6) is 1.60. The number of hydrogen-bond donors (Lipinski definition) is 1. The Morgan fingerprint density at radius 2 is 2.00 bits per heavy atom. The van der Waals surface area contributed by atoms with Gasteiger partial charge in [0.15, 0.2) is 6.61 Å². The van der Waals surface area contributed by atoms with Crippen molar-refractivity contribution in [3.8, 4) is 11.5 Å². The highest BCUT2D eigenvalue weighted by Gasteiger charge is 2.24. The molecule has 2 heterocycles. The first-order valence-electron chi connectivity index (χ1n) is 9.42. The maximum atomic E-state index is 12.4. The van der Waals surface area contributed by atoms with Crippen LogP contribution in [0.25, 0.3) is 0 Å². The third-order valence-electron chi connectivity index (χ3n) is 5.22. The zero-order chi connectivity index (χ0) is 18.6. The molecule has 0 atom stereocenters. The molecule has 2 aliphatic heterocycles. The summed E-state index contributed by atoms with van der Waals surface area (Å²) in [6.07, 6.45) is 1.01. The molecule has 27 heavy (non-hydrogen) atoms. The number of para-hydroxylation sites is 1. The molecule has 0 spiro atoms. The van der Waals surface area contributed by atoms with E-state index in [4.69, 9.17) is 21.1 Å². The number of benzene rings is 2. The van der Waals surface area contributed by atoms with Crippen LogP contribution in [0.3, 0.4) is 0 Å². The van der Waals surface area contributed by atoms with Gasteiger partial charge in [0.05, 0.1) is 37.8 Å². The molecular formula is C21H24ClN2O3+. The van der Waals surface area contributed by atoms with E-state index in [-0.39, 0.29) is 12.5 Å². The molecule has 142 valence electrons. The van der Waals surface area contributed by atoms with Crippen molar-refractivity contribution in [2.45, 2.75) is 13.0 Å². The fourth-order valence-corrected chi connectivity index (χ4v) is 3.87. The van der Waals surface area contributed by atoms with Crippen molar-refractivity contribution in [1.82, 2.24) is 4.90 Å². The first-order valence-corrected chi connectivity index (χ1v) is 9.80. The summed E-state index contributed by atoms with van der Waals surface area (Å²) in [5, 5.41) is 0.527. The molecular weight excluding hydrogens is 364 g/mol. The SMILES string of the molecule is O=C(COc1ccccc1Cl)N1CC[NH+](Cc2ccc3c(c2)CCO3)CC1. The number of nitrogens with zero attached hydrogens (tertiary/aromatic N) is 1. The van der Waals surface area contributed by atoms with Gasteiger partial charge in [0.25, 0.3) is 5.91 Å². The molecule has 1 fully saturated rings. The van der Waals surface area contributed by atoms with E-state index in [1.165, 1.54) is 16.0 Å². The Morgan fingerprint density at radius 1 is 1.19 bits per heavy atom. The quantitative estimate of drug-likeness (QED) is 0.847. The molecule has 0 radical (unpaired) electrons. The summed E-state index contributed by atoms with van der Waals surface area (Å²) in [6.45, 7) is 5.23. The zero-order valence-electron chi connectivity index (χ0n) is 15.2. The van der Waals surface area contributed by atoms with Gasteiger partial charge >= 0.3 is 0 Å². The number of quaternary nitrogens is 1. The fraction of sp³-hybridized carbons (Fsp3) is 0.381. The Morgan fingerprint density at radius 3 is 2.81 bits per heavy atom. The van der Waals surface area contributed by atoms with Crippen LogP contribution in [0, 0.1) is 0 Å². The second kappa shape index (κ2) is 8.19. The van der Waals surface area contributed by atoms with Gasteiger partial charge < -0.3 is 19.3 Å². The Labute approximate surface area is 164 Å². The summed E-state index contributed by atoms with van der Waals surface area (Å²) >= 11 is 6.06. The van der Waals surface area contributed by atoms with Crippen molar-refractivity contribution in [3.05, 3.63) is 58.6 Å². The average molecular weight is 388 g/mol. The van der Waals surface area contributed by atoms with Crippen LogP contribution >= 0.6 is 11.6 Å². The van der Waals surface area contributed by atoms with Crippen molar-refractivity contribution < 1.29 is 19.2 Å². The van der Waals surface area contributed by atoms with Gasteiger partial charge in [0.1, 0.15) is 18.0 Å². The second-order valence-corrected chi connectivity index (χ2v) is 7.47. The molecule has 2 aliphatic rings. The Kier molecular flexibility index (Phi) is 5.50. The summed E-state index contributed by atoms with van der Waals surface area (Å²) < 4.78 is 11.2. The van der Waals surface area contributed by atoms with Gasteiger partial charge in [-0.25, -0.2) is 0 Å². The summed E-state index contributed by atoms with van der Waals surface area (Å²) in [7, 11) is 0. The van der Waals surface area contributed by atoms with Crippen LogP contribution in [0.5, 0.6) is 11.5 Å². The molecule has 1 N–H and O–H groups in total. The van der Waals surface area contributed by atoms with Crippen molar-refractivity contribution in [1.29, 1.82) is 0 Å². The first-order chi connectivity index (χ1) is 13.2. The van der Waals surface area contributed by atoms with Gasteiger partial charge in [-0.3, -0.25) is 4.79 Å². The molecule has 6 heteroatoms. The van der Waals surface area contributed by atoms with Crippen LogP contribution in [-0.2, 0) is 17.8 Å². The molecule has 0 saturated carbocycles. The van der Waals surface area contributed by atoms with Crippen molar-refractivity contribution in [3.63, 3.8) is 0 Å². The van der Waals surface area contributed by atoms with Gasteiger partial charge in [-0.1, -0.05) is 23.7 Å². The van der Waals surface area contributed by atoms with Crippen LogP contribution < -0.4 is 14.4 Å². The number of ether oxygens (including phenoxy) is 2. The predicted octanol–water partition coefficient (Wildman–Crippen LogP) is 1.58. The standard InChI is InChI=1S/C21H23ClN2O3/c22-18-3-1-2-4-20(18)27-15-21(25)24-10-8-23(9-11-24)14-16-5-6-19-17(13-16)7-12-26-19/h1-6,13H,7-12,14-15H2/p+1. The van der Waals surface area contributed by atoms with E-state index in [0.29, 0.717) is 10.8 Å². The smallest absolute Gasteiger partial charge is 0.260 e. The number of fused-ring (bicyclic) bond motifs is 1. The molecule has 2 aromatic rings. The van der Waals surface area contributed by atoms with Crippen LogP contribution in [-0.4, -0.2) is 50.2 Å². The summed E-state index contributed by atoms with van der Waals surface area (Å²) in [4.78, 5) is 15.8. The Bertz CT molecular complexity index is 819. The minimum absolute atomic E-state index is 0.0173. The van der Waals surface area contributed by atoms with Crippen LogP contribution in [0.1, 0.15) is 11.1 Å². The third kappa shape index (κ3) is 4.37. The number of halogens is 1. The lowest BCUT2D eigenvalue weighted by Crippen LogP contribution is -3.13. The lowest BCUT2D eigenvalue weighted by Gasteiger charge is -2.32. The molecule has 1 amide bonds. The minimum Gasteiger partial charge on any atom is -0.493 e. The monoisotopic (exact) mass is 387 g/mol. The van der Waals surface area contributed by atoms with Crippen molar-refractivity contribution >= 4 is 17.5 Å². The van der Waals surface area contributed by atoms with Gasteiger partial charge in [0.2, 0.25) is 0 Å². The molecule has 0 bridgehead atoms. The van der Waals surface area contributed by atoms with Gasteiger partial charge in [-0.05, 0) is 35.9 Å². The van der Waals surface area contributed by atoms with Crippen LogP contribution in [0.4, 0.5) is 0 Å². The van der Waals surface area contributed by atoms with E-state index < -0.39 is 0 Å². The largest absolute Gasteiger partial charge is 0.493 e. The molecule has 2 aromatic carbocycles. The number of hydrogen-bond acceptors (Lipinski definition) is 3. The lowest BCUT2D eigenvalue weighted by atomic mass is 10.1. The van der Waals surface area contributed by atoms with Crippen molar-refractivity contribution in [2.24, 2.45) is 0 Å². The average Bonchev–Trinajstić information content (AvgIpc) is 3.15. The van der Waals surface area contributed by atoms with Crippen molar-refractivity contribution in [2.75, 3.05) is 39.4 Å². The highest BCUT2D eigenvalue weighted by Crippen LogP contribution is 2.25. The van der Waals surface area contributed by atoms with E-state index in [2.05, 4.69) is 18.2 Å². The van der Waals surface area contributed by atoms with E-state index in [1.807, 2.05) is 17.0 Å². The highest BCUT2D eigenvalue weighted by molar-refractivity contribution is 6.32. The lowest BCUT2D eigenvalue weighted by molar-refractivity contribution is -0.917. The fourth-order valence-electron chi connectivity index (χ4n) is 3.68. The van der Waals surface area contributed by atoms with Crippen LogP contribution in [0.15, 0.2) is 42.5 Å². The minimum atomic E-state index is 0.0173. The van der Waals surface area contributed by atoms with Gasteiger partial charge in [-0.15, -0.1) is 0 Å². The summed E-state index contributed by atoms with van der Waals surface area (Å²) in [5.41, 5.74) is 2.66. The van der Waals surface area contributed by atoms with Gasteiger partial charge in [-0.2, -0.15) is 0 Å². The number of nitrogens with one attached hydrogen (secondary N) is 1. The van der Waals surface area contributed by atoms with E-state index >= 15 is 0 Å². The molecule has 1 saturated heterocycles. The molecule has 4 rings (SSSR count). The normalized spacial score (nSPS) is 16.7. The van der Waals surface area contributed by atoms with Gasteiger partial charge in [0, 0.05) is 12.0 Å². The van der Waals surface area contributed by atoms with E-state index in [1.54, 1.807) is 12.1 Å². The number of amides is 1. The topological polar surface area (TPSA) is 43.2 Å². The molecule has 0 unspecified atom stereocenters. The molecule has 0 aliphatic carbocycles. The van der Waals surface area contributed by atoms with Crippen LogP contribution in [0.2, 0.25) is 5.02 Å². The maximum absolute atomic E-state index is 12.4.